The number of rotatable bonds is 6. The van der Waals surface area contributed by atoms with Gasteiger partial charge in [-0.25, -0.2) is 0 Å². The smallest absolute Gasteiger partial charge is 0.0855 e. The quantitative estimate of drug-likeness (QED) is 0.861. The molecule has 0 aromatic carbocycles. The van der Waals surface area contributed by atoms with Crippen LogP contribution in [0.2, 0.25) is 0 Å². The van der Waals surface area contributed by atoms with E-state index >= 15 is 0 Å². The number of hydrogen-bond donors (Lipinski definition) is 1. The Hall–Kier alpha value is -0.870. The van der Waals surface area contributed by atoms with Crippen molar-refractivity contribution in [3.63, 3.8) is 0 Å². The van der Waals surface area contributed by atoms with E-state index in [2.05, 4.69) is 16.0 Å². The van der Waals surface area contributed by atoms with Crippen molar-refractivity contribution in [1.82, 2.24) is 9.78 Å². The van der Waals surface area contributed by atoms with Crippen molar-refractivity contribution in [2.75, 3.05) is 6.61 Å². The van der Waals surface area contributed by atoms with E-state index in [-0.39, 0.29) is 6.10 Å². The first kappa shape index (κ1) is 14.5. The minimum Gasteiger partial charge on any atom is -0.390 e. The van der Waals surface area contributed by atoms with E-state index in [0.717, 1.165) is 5.69 Å². The lowest BCUT2D eigenvalue weighted by Gasteiger charge is -2.22. The second kappa shape index (κ2) is 7.06. The Morgan fingerprint density at radius 1 is 1.42 bits per heavy atom. The van der Waals surface area contributed by atoms with E-state index in [0.29, 0.717) is 19.1 Å². The third-order valence-corrected chi connectivity index (χ3v) is 4.00. The lowest BCUT2D eigenvalue weighted by atomic mass is 9.96. The van der Waals surface area contributed by atoms with Gasteiger partial charge in [0, 0.05) is 19.2 Å². The van der Waals surface area contributed by atoms with Crippen LogP contribution in [0.25, 0.3) is 0 Å². The second-order valence-corrected chi connectivity index (χ2v) is 5.51. The van der Waals surface area contributed by atoms with Crippen molar-refractivity contribution >= 4 is 0 Å². The summed E-state index contributed by atoms with van der Waals surface area (Å²) in [6.45, 7) is 4.49. The van der Waals surface area contributed by atoms with Crippen LogP contribution in [0, 0.1) is 0 Å². The first-order valence-corrected chi connectivity index (χ1v) is 7.54. The average molecular weight is 266 g/mol. The average Bonchev–Trinajstić information content (AvgIpc) is 2.88. The molecule has 0 bridgehead atoms. The molecule has 1 fully saturated rings. The van der Waals surface area contributed by atoms with Crippen molar-refractivity contribution < 1.29 is 9.84 Å². The van der Waals surface area contributed by atoms with Gasteiger partial charge in [0.2, 0.25) is 0 Å². The van der Waals surface area contributed by atoms with E-state index in [4.69, 9.17) is 4.74 Å². The summed E-state index contributed by atoms with van der Waals surface area (Å²) >= 11 is 0. The van der Waals surface area contributed by atoms with E-state index in [1.807, 2.05) is 19.9 Å². The molecule has 108 valence electrons. The lowest BCUT2D eigenvalue weighted by molar-refractivity contribution is -0.0212. The van der Waals surface area contributed by atoms with Gasteiger partial charge >= 0.3 is 0 Å². The van der Waals surface area contributed by atoms with Crippen LogP contribution in [-0.2, 0) is 11.2 Å². The molecule has 0 radical (unpaired) electrons. The SMILES string of the molecule is CCOC(C)C(O)Cc1ccn(C2CCCCC2)n1. The van der Waals surface area contributed by atoms with Crippen LogP contribution >= 0.6 is 0 Å². The van der Waals surface area contributed by atoms with Gasteiger partial charge in [0.25, 0.3) is 0 Å². The summed E-state index contributed by atoms with van der Waals surface area (Å²) < 4.78 is 7.50. The highest BCUT2D eigenvalue weighted by Crippen LogP contribution is 2.27. The van der Waals surface area contributed by atoms with Gasteiger partial charge in [-0.15, -0.1) is 0 Å². The molecule has 4 nitrogen and oxygen atoms in total. The molecule has 1 aromatic heterocycles. The van der Waals surface area contributed by atoms with Crippen LogP contribution < -0.4 is 0 Å². The van der Waals surface area contributed by atoms with Crippen LogP contribution in [0.3, 0.4) is 0 Å². The van der Waals surface area contributed by atoms with E-state index in [9.17, 15) is 5.11 Å². The van der Waals surface area contributed by atoms with Gasteiger partial charge in [-0.05, 0) is 32.8 Å². The molecule has 1 aliphatic rings. The standard InChI is InChI=1S/C15H26N2O2/c1-3-19-12(2)15(18)11-13-9-10-17(16-13)14-7-5-4-6-8-14/h9-10,12,14-15,18H,3-8,11H2,1-2H3. The second-order valence-electron chi connectivity index (χ2n) is 5.51. The van der Waals surface area contributed by atoms with Crippen LogP contribution in [0.1, 0.15) is 57.7 Å². The summed E-state index contributed by atoms with van der Waals surface area (Å²) in [6.07, 6.45) is 8.46. The van der Waals surface area contributed by atoms with Crippen molar-refractivity contribution in [2.45, 2.75) is 70.6 Å². The fourth-order valence-electron chi connectivity index (χ4n) is 2.79. The Kier molecular flexibility index (Phi) is 5.40. The summed E-state index contributed by atoms with van der Waals surface area (Å²) in [5.41, 5.74) is 0.963. The minimum atomic E-state index is -0.477. The molecular weight excluding hydrogens is 240 g/mol. The molecular formula is C15H26N2O2. The lowest BCUT2D eigenvalue weighted by Crippen LogP contribution is -2.28. The van der Waals surface area contributed by atoms with Crippen molar-refractivity contribution in [3.8, 4) is 0 Å². The van der Waals surface area contributed by atoms with Gasteiger partial charge in [-0.1, -0.05) is 19.3 Å². The molecule has 1 aliphatic carbocycles. The Morgan fingerprint density at radius 3 is 2.84 bits per heavy atom. The zero-order valence-corrected chi connectivity index (χ0v) is 12.1. The van der Waals surface area contributed by atoms with Gasteiger partial charge in [-0.2, -0.15) is 5.10 Å². The van der Waals surface area contributed by atoms with Gasteiger partial charge in [0.15, 0.2) is 0 Å². The molecule has 1 aromatic rings. The summed E-state index contributed by atoms with van der Waals surface area (Å²) in [4.78, 5) is 0. The molecule has 2 rings (SSSR count). The number of aliphatic hydroxyl groups is 1. The third-order valence-electron chi connectivity index (χ3n) is 4.00. The van der Waals surface area contributed by atoms with Crippen molar-refractivity contribution in [2.24, 2.45) is 0 Å². The highest BCUT2D eigenvalue weighted by molar-refractivity contribution is 5.02. The molecule has 1 saturated carbocycles. The molecule has 0 saturated heterocycles. The van der Waals surface area contributed by atoms with Gasteiger partial charge in [-0.3, -0.25) is 4.68 Å². The Morgan fingerprint density at radius 2 is 2.16 bits per heavy atom. The number of aromatic nitrogens is 2. The van der Waals surface area contributed by atoms with Crippen molar-refractivity contribution in [3.05, 3.63) is 18.0 Å². The van der Waals surface area contributed by atoms with Gasteiger partial charge in [0.1, 0.15) is 0 Å². The molecule has 0 spiro atoms. The highest BCUT2D eigenvalue weighted by atomic mass is 16.5. The molecule has 2 atom stereocenters. The van der Waals surface area contributed by atoms with Crippen LogP contribution in [-0.4, -0.2) is 33.7 Å². The molecule has 0 amide bonds. The maximum Gasteiger partial charge on any atom is 0.0855 e. The Bertz CT molecular complexity index is 372. The summed E-state index contributed by atoms with van der Waals surface area (Å²) in [6, 6.07) is 2.58. The first-order valence-electron chi connectivity index (χ1n) is 7.54. The zero-order valence-electron chi connectivity index (χ0n) is 12.1. The third kappa shape index (κ3) is 4.05. The Labute approximate surface area is 115 Å². The number of aliphatic hydroxyl groups excluding tert-OH is 1. The van der Waals surface area contributed by atoms with Gasteiger partial charge in [0.05, 0.1) is 23.9 Å². The Balaban J connectivity index is 1.89. The fourth-order valence-corrected chi connectivity index (χ4v) is 2.79. The highest BCUT2D eigenvalue weighted by Gasteiger charge is 2.19. The van der Waals surface area contributed by atoms with E-state index < -0.39 is 6.10 Å². The van der Waals surface area contributed by atoms with E-state index in [1.54, 1.807) is 0 Å². The van der Waals surface area contributed by atoms with Crippen molar-refractivity contribution in [1.29, 1.82) is 0 Å². The number of hydrogen-bond acceptors (Lipinski definition) is 3. The number of ether oxygens (including phenoxy) is 1. The minimum absolute atomic E-state index is 0.134. The van der Waals surface area contributed by atoms with Crippen LogP contribution in [0.15, 0.2) is 12.3 Å². The maximum atomic E-state index is 10.0. The molecule has 1 heterocycles. The predicted molar refractivity (Wildman–Crippen MR) is 75.1 cm³/mol. The zero-order chi connectivity index (χ0) is 13.7. The van der Waals surface area contributed by atoms with Crippen LogP contribution in [0.4, 0.5) is 0 Å². The summed E-state index contributed by atoms with van der Waals surface area (Å²) in [5.74, 6) is 0. The maximum absolute atomic E-state index is 10.0. The monoisotopic (exact) mass is 266 g/mol. The topological polar surface area (TPSA) is 47.3 Å². The predicted octanol–water partition coefficient (Wildman–Crippen LogP) is 2.72. The summed E-state index contributed by atoms with van der Waals surface area (Å²) in [7, 11) is 0. The fraction of sp³-hybridized carbons (Fsp3) is 0.800. The van der Waals surface area contributed by atoms with Crippen LogP contribution in [0.5, 0.6) is 0 Å². The largest absolute Gasteiger partial charge is 0.390 e. The van der Waals surface area contributed by atoms with E-state index in [1.165, 1.54) is 32.1 Å². The normalized spacial score (nSPS) is 20.4. The first-order chi connectivity index (χ1) is 9.20. The summed E-state index contributed by atoms with van der Waals surface area (Å²) in [5, 5.41) is 14.7. The molecule has 2 unspecified atom stereocenters. The molecule has 0 aliphatic heterocycles. The molecule has 1 N–H and O–H groups in total. The molecule has 19 heavy (non-hydrogen) atoms. The molecule has 4 heteroatoms. The van der Waals surface area contributed by atoms with Gasteiger partial charge < -0.3 is 9.84 Å². The number of nitrogens with zero attached hydrogens (tertiary/aromatic N) is 2.